The number of hydrogen-bond donors (Lipinski definition) is 2. The minimum atomic E-state index is -0.630. The summed E-state index contributed by atoms with van der Waals surface area (Å²) in [5.74, 6) is -0.203. The van der Waals surface area contributed by atoms with Crippen molar-refractivity contribution in [3.63, 3.8) is 0 Å². The summed E-state index contributed by atoms with van der Waals surface area (Å²) >= 11 is 0. The molecule has 1 heterocycles. The Morgan fingerprint density at radius 3 is 2.76 bits per heavy atom. The molecule has 0 radical (unpaired) electrons. The maximum absolute atomic E-state index is 12.5. The summed E-state index contributed by atoms with van der Waals surface area (Å²) in [5.41, 5.74) is 1.02. The third-order valence-electron chi connectivity index (χ3n) is 6.71. The highest BCUT2D eigenvalue weighted by atomic mass is 16.6. The molecular formula is C23H34O6. The summed E-state index contributed by atoms with van der Waals surface area (Å²) in [6, 6.07) is 0. The van der Waals surface area contributed by atoms with Gasteiger partial charge in [-0.05, 0) is 36.7 Å². The second-order valence-corrected chi connectivity index (χ2v) is 8.95. The van der Waals surface area contributed by atoms with E-state index in [1.807, 2.05) is 26.0 Å². The van der Waals surface area contributed by atoms with E-state index >= 15 is 0 Å². The number of hydrogen-bond acceptors (Lipinski definition) is 6. The van der Waals surface area contributed by atoms with Gasteiger partial charge in [0.1, 0.15) is 12.2 Å². The highest BCUT2D eigenvalue weighted by Crippen LogP contribution is 2.44. The van der Waals surface area contributed by atoms with E-state index in [-0.39, 0.29) is 54.2 Å². The monoisotopic (exact) mass is 406 g/mol. The number of aliphatic hydroxyl groups is 2. The van der Waals surface area contributed by atoms with Crippen molar-refractivity contribution >= 4 is 11.9 Å². The molecule has 0 saturated carbocycles. The van der Waals surface area contributed by atoms with E-state index < -0.39 is 12.2 Å². The lowest BCUT2D eigenvalue weighted by atomic mass is 9.66. The smallest absolute Gasteiger partial charge is 0.308 e. The first kappa shape index (κ1) is 22.0. The quantitative estimate of drug-likeness (QED) is 0.659. The summed E-state index contributed by atoms with van der Waals surface area (Å²) < 4.78 is 11.3. The first-order chi connectivity index (χ1) is 13.8. The highest BCUT2D eigenvalue weighted by molar-refractivity contribution is 5.72. The zero-order valence-electron chi connectivity index (χ0n) is 17.6. The second kappa shape index (κ2) is 9.43. The number of fused-ring (bicyclic) bond motifs is 1. The Hall–Kier alpha value is -1.66. The fourth-order valence-corrected chi connectivity index (χ4v) is 4.84. The Morgan fingerprint density at radius 2 is 2.07 bits per heavy atom. The maximum Gasteiger partial charge on any atom is 0.308 e. The first-order valence-electron chi connectivity index (χ1n) is 10.9. The van der Waals surface area contributed by atoms with Crippen LogP contribution in [0.1, 0.15) is 59.3 Å². The van der Waals surface area contributed by atoms with Crippen molar-refractivity contribution in [2.45, 2.75) is 83.7 Å². The van der Waals surface area contributed by atoms with E-state index in [2.05, 4.69) is 13.0 Å². The average molecular weight is 407 g/mol. The maximum atomic E-state index is 12.5. The van der Waals surface area contributed by atoms with E-state index in [1.165, 1.54) is 0 Å². The molecule has 0 aromatic rings. The summed E-state index contributed by atoms with van der Waals surface area (Å²) in [5, 5.41) is 20.2. The lowest BCUT2D eigenvalue weighted by molar-refractivity contribution is -0.162. The highest BCUT2D eigenvalue weighted by Gasteiger charge is 2.42. The van der Waals surface area contributed by atoms with Gasteiger partial charge >= 0.3 is 11.9 Å². The molecule has 1 aliphatic heterocycles. The molecule has 2 N–H and O–H groups in total. The fourth-order valence-electron chi connectivity index (χ4n) is 4.84. The molecule has 0 aromatic heterocycles. The molecule has 0 spiro atoms. The normalized spacial score (nSPS) is 37.9. The number of cyclic esters (lactones) is 1. The van der Waals surface area contributed by atoms with Gasteiger partial charge in [-0.15, -0.1) is 0 Å². The molecule has 1 fully saturated rings. The van der Waals surface area contributed by atoms with Crippen LogP contribution in [0.2, 0.25) is 0 Å². The molecule has 1 unspecified atom stereocenters. The van der Waals surface area contributed by atoms with Gasteiger partial charge in [-0.25, -0.2) is 0 Å². The topological polar surface area (TPSA) is 93.1 Å². The largest absolute Gasteiger partial charge is 0.462 e. The van der Waals surface area contributed by atoms with E-state index in [9.17, 15) is 19.8 Å². The van der Waals surface area contributed by atoms with Gasteiger partial charge in [0.15, 0.2) is 0 Å². The van der Waals surface area contributed by atoms with Gasteiger partial charge in [0, 0.05) is 18.8 Å². The van der Waals surface area contributed by atoms with Crippen LogP contribution in [0.4, 0.5) is 0 Å². The predicted octanol–water partition coefficient (Wildman–Crippen LogP) is 2.92. The number of carbonyl (C=O) groups is 2. The van der Waals surface area contributed by atoms with E-state index in [0.29, 0.717) is 19.3 Å². The average Bonchev–Trinajstić information content (AvgIpc) is 2.65. The Morgan fingerprint density at radius 1 is 1.31 bits per heavy atom. The molecule has 6 nitrogen and oxygen atoms in total. The number of aliphatic hydroxyl groups excluding tert-OH is 2. The predicted molar refractivity (Wildman–Crippen MR) is 108 cm³/mol. The van der Waals surface area contributed by atoms with Crippen molar-refractivity contribution in [1.82, 2.24) is 0 Å². The van der Waals surface area contributed by atoms with Crippen LogP contribution in [-0.4, -0.2) is 46.6 Å². The van der Waals surface area contributed by atoms with Gasteiger partial charge in [-0.2, -0.15) is 0 Å². The van der Waals surface area contributed by atoms with Crippen molar-refractivity contribution in [2.24, 2.45) is 23.7 Å². The van der Waals surface area contributed by atoms with Crippen LogP contribution >= 0.6 is 0 Å². The molecule has 0 aromatic carbocycles. The van der Waals surface area contributed by atoms with Gasteiger partial charge in [0.2, 0.25) is 0 Å². The first-order valence-corrected chi connectivity index (χ1v) is 10.9. The fraction of sp³-hybridized carbons (Fsp3) is 0.739. The molecule has 1 saturated heterocycles. The summed E-state index contributed by atoms with van der Waals surface area (Å²) in [6.07, 6.45) is 7.31. The Bertz CT molecular complexity index is 668. The van der Waals surface area contributed by atoms with E-state index in [1.54, 1.807) is 0 Å². The number of allylic oxidation sites excluding steroid dienone is 2. The lowest BCUT2D eigenvalue weighted by Crippen LogP contribution is -2.43. The molecule has 8 atom stereocenters. The standard InChI is InChI=1S/C23H34O6/c1-4-13(2)23(27)29-20-11-16(24)9-15-6-5-14(3)19(22(15)20)8-7-18-10-17(25)12-21(26)28-18/h5-6,9,13-14,16-20,22,24-25H,4,7-8,10-12H2,1-3H3/t13-,14-,16+,17+,18+,19-,20-,22?/m0/s1. The number of ether oxygens (including phenoxy) is 2. The minimum absolute atomic E-state index is 0.0237. The molecule has 3 aliphatic rings. The van der Waals surface area contributed by atoms with Gasteiger partial charge in [-0.3, -0.25) is 9.59 Å². The Labute approximate surface area is 173 Å². The zero-order valence-corrected chi connectivity index (χ0v) is 17.6. The second-order valence-electron chi connectivity index (χ2n) is 8.95. The van der Waals surface area contributed by atoms with Crippen molar-refractivity contribution < 1.29 is 29.3 Å². The van der Waals surface area contributed by atoms with Gasteiger partial charge in [-0.1, -0.05) is 39.0 Å². The van der Waals surface area contributed by atoms with Crippen LogP contribution in [0.15, 0.2) is 23.8 Å². The lowest BCUT2D eigenvalue weighted by Gasteiger charge is -2.43. The third kappa shape index (κ3) is 5.28. The molecule has 2 aliphatic carbocycles. The molecule has 162 valence electrons. The van der Waals surface area contributed by atoms with Crippen molar-refractivity contribution in [3.05, 3.63) is 23.8 Å². The van der Waals surface area contributed by atoms with Crippen LogP contribution in [0.5, 0.6) is 0 Å². The van der Waals surface area contributed by atoms with Crippen molar-refractivity contribution in [1.29, 1.82) is 0 Å². The van der Waals surface area contributed by atoms with Gasteiger partial charge in [0.05, 0.1) is 24.5 Å². The van der Waals surface area contributed by atoms with Gasteiger partial charge in [0.25, 0.3) is 0 Å². The van der Waals surface area contributed by atoms with E-state index in [0.717, 1.165) is 18.4 Å². The molecule has 0 amide bonds. The summed E-state index contributed by atoms with van der Waals surface area (Å²) in [7, 11) is 0. The molecule has 3 rings (SSSR count). The van der Waals surface area contributed by atoms with Crippen LogP contribution in [0.25, 0.3) is 0 Å². The van der Waals surface area contributed by atoms with Crippen LogP contribution in [0.3, 0.4) is 0 Å². The molecule has 0 bridgehead atoms. The SMILES string of the molecule is CC[C@H](C)C(=O)O[C@H]1C[C@H](O)C=C2C=C[C@H](C)[C@H](CC[C@@H]3C[C@@H](O)CC(=O)O3)C21. The van der Waals surface area contributed by atoms with E-state index in [4.69, 9.17) is 9.47 Å². The summed E-state index contributed by atoms with van der Waals surface area (Å²) in [4.78, 5) is 24.1. The number of carbonyl (C=O) groups excluding carboxylic acids is 2. The minimum Gasteiger partial charge on any atom is -0.462 e. The third-order valence-corrected chi connectivity index (χ3v) is 6.71. The van der Waals surface area contributed by atoms with Crippen molar-refractivity contribution in [3.8, 4) is 0 Å². The molecule has 29 heavy (non-hydrogen) atoms. The number of esters is 2. The zero-order chi connectivity index (χ0) is 21.1. The summed E-state index contributed by atoms with van der Waals surface area (Å²) in [6.45, 7) is 5.97. The van der Waals surface area contributed by atoms with Gasteiger partial charge < -0.3 is 19.7 Å². The Kier molecular flexibility index (Phi) is 7.17. The molecule has 6 heteroatoms. The molecular weight excluding hydrogens is 372 g/mol. The Balaban J connectivity index is 1.74. The van der Waals surface area contributed by atoms with Crippen LogP contribution in [0, 0.1) is 23.7 Å². The van der Waals surface area contributed by atoms with Crippen LogP contribution in [-0.2, 0) is 19.1 Å². The van der Waals surface area contributed by atoms with Crippen LogP contribution < -0.4 is 0 Å². The number of rotatable bonds is 6. The van der Waals surface area contributed by atoms with Crippen molar-refractivity contribution in [2.75, 3.05) is 0 Å².